The average molecular weight is 394 g/mol. The highest BCUT2D eigenvalue weighted by atomic mass is 32.2. The maximum atomic E-state index is 11.4. The summed E-state index contributed by atoms with van der Waals surface area (Å²) < 4.78 is 33.0. The second-order valence-electron chi connectivity index (χ2n) is 8.44. The summed E-state index contributed by atoms with van der Waals surface area (Å²) in [6.07, 6.45) is 5.85. The number of nitroso groups, excluding NO2 is 1. The zero-order valence-electron chi connectivity index (χ0n) is 15.7. The molecular formula is C19H26N2O5S. The van der Waals surface area contributed by atoms with Crippen LogP contribution in [0.5, 0.6) is 11.5 Å². The molecule has 3 aliphatic carbocycles. The predicted octanol–water partition coefficient (Wildman–Crippen LogP) is 3.27. The van der Waals surface area contributed by atoms with Gasteiger partial charge in [-0.05, 0) is 85.0 Å². The smallest absolute Gasteiger partial charge is 0.380 e. The lowest BCUT2D eigenvalue weighted by Gasteiger charge is -2.49. The van der Waals surface area contributed by atoms with Crippen LogP contribution < -0.4 is 14.1 Å². The number of aryl methyl sites for hydroxylation is 1. The first-order valence-corrected chi connectivity index (χ1v) is 11.0. The molecule has 4 rings (SSSR count). The van der Waals surface area contributed by atoms with Gasteiger partial charge < -0.3 is 8.92 Å². The molecule has 0 aliphatic heterocycles. The number of hydrogen-bond donors (Lipinski definition) is 1. The van der Waals surface area contributed by atoms with E-state index >= 15 is 0 Å². The molecule has 2 saturated carbocycles. The van der Waals surface area contributed by atoms with Crippen LogP contribution in [0.3, 0.4) is 0 Å². The molecule has 2 N–H and O–H groups in total. The summed E-state index contributed by atoms with van der Waals surface area (Å²) in [6.45, 7) is 2.24. The second kappa shape index (κ2) is 6.44. The van der Waals surface area contributed by atoms with Crippen molar-refractivity contribution >= 4 is 10.3 Å². The van der Waals surface area contributed by atoms with E-state index in [4.69, 9.17) is 14.1 Å². The number of benzene rings is 1. The van der Waals surface area contributed by atoms with Crippen LogP contribution in [0, 0.1) is 22.2 Å². The zero-order valence-corrected chi connectivity index (χ0v) is 16.5. The third-order valence-corrected chi connectivity index (χ3v) is 7.70. The fraction of sp³-hybridized carbons (Fsp3) is 0.684. The van der Waals surface area contributed by atoms with Crippen molar-refractivity contribution in [2.75, 3.05) is 7.11 Å². The number of nitrogens with zero attached hydrogens (tertiary/aromatic N) is 1. The molecule has 0 bridgehead atoms. The number of ether oxygens (including phenoxy) is 1. The molecule has 0 spiro atoms. The third kappa shape index (κ3) is 3.02. The molecule has 7 nitrogen and oxygen atoms in total. The molecule has 0 saturated heterocycles. The van der Waals surface area contributed by atoms with Crippen LogP contribution in [0.15, 0.2) is 17.3 Å². The lowest BCUT2D eigenvalue weighted by molar-refractivity contribution is 0.0497. The summed E-state index contributed by atoms with van der Waals surface area (Å²) in [4.78, 5) is 11.3. The minimum atomic E-state index is -4.11. The number of methoxy groups -OCH3 is 1. The first-order valence-electron chi connectivity index (χ1n) is 9.52. The minimum Gasteiger partial charge on any atom is -0.493 e. The van der Waals surface area contributed by atoms with E-state index in [0.717, 1.165) is 44.1 Å². The fourth-order valence-corrected chi connectivity index (χ4v) is 6.45. The van der Waals surface area contributed by atoms with Gasteiger partial charge in [0.25, 0.3) is 0 Å². The monoisotopic (exact) mass is 394 g/mol. The van der Waals surface area contributed by atoms with Crippen molar-refractivity contribution in [1.82, 2.24) is 0 Å². The van der Waals surface area contributed by atoms with Gasteiger partial charge in [-0.3, -0.25) is 0 Å². The second-order valence-corrected chi connectivity index (χ2v) is 9.59. The van der Waals surface area contributed by atoms with Gasteiger partial charge in [0.1, 0.15) is 0 Å². The van der Waals surface area contributed by atoms with E-state index in [-0.39, 0.29) is 17.2 Å². The zero-order chi connectivity index (χ0) is 19.4. The molecule has 8 heteroatoms. The third-order valence-electron chi connectivity index (χ3n) is 7.29. The quantitative estimate of drug-likeness (QED) is 0.789. The van der Waals surface area contributed by atoms with Gasteiger partial charge in [-0.25, -0.2) is 0 Å². The van der Waals surface area contributed by atoms with Crippen LogP contribution in [-0.2, 0) is 16.7 Å². The minimum absolute atomic E-state index is 0.0151. The highest BCUT2D eigenvalue weighted by Crippen LogP contribution is 2.62. The van der Waals surface area contributed by atoms with Crippen LogP contribution in [0.4, 0.5) is 0 Å². The van der Waals surface area contributed by atoms with E-state index in [0.29, 0.717) is 23.5 Å². The Morgan fingerprint density at radius 1 is 1.19 bits per heavy atom. The Morgan fingerprint density at radius 2 is 1.96 bits per heavy atom. The van der Waals surface area contributed by atoms with E-state index in [1.54, 1.807) is 6.07 Å². The van der Waals surface area contributed by atoms with Crippen molar-refractivity contribution in [2.24, 2.45) is 27.6 Å². The molecule has 0 radical (unpaired) electrons. The van der Waals surface area contributed by atoms with Gasteiger partial charge in [-0.15, -0.1) is 0 Å². The van der Waals surface area contributed by atoms with E-state index in [1.807, 2.05) is 6.07 Å². The number of hydrogen-bond acceptors (Lipinski definition) is 6. The lowest BCUT2D eigenvalue weighted by Crippen LogP contribution is -2.43. The lowest BCUT2D eigenvalue weighted by atomic mass is 9.55. The summed E-state index contributed by atoms with van der Waals surface area (Å²) in [6, 6.07) is 3.61. The maximum Gasteiger partial charge on any atom is 0.380 e. The van der Waals surface area contributed by atoms with Crippen molar-refractivity contribution in [3.63, 3.8) is 0 Å². The van der Waals surface area contributed by atoms with Crippen LogP contribution in [0.1, 0.15) is 56.1 Å². The summed E-state index contributed by atoms with van der Waals surface area (Å²) in [5.41, 5.74) is 2.33. The molecule has 0 amide bonds. The Bertz CT molecular complexity index is 871. The maximum absolute atomic E-state index is 11.4. The van der Waals surface area contributed by atoms with Gasteiger partial charge in [-0.2, -0.15) is 18.5 Å². The molecule has 4 unspecified atom stereocenters. The summed E-state index contributed by atoms with van der Waals surface area (Å²) in [7, 11) is -2.62. The molecular weight excluding hydrogens is 368 g/mol. The van der Waals surface area contributed by atoms with Crippen LogP contribution in [-0.4, -0.2) is 21.6 Å². The Hall–Kier alpha value is -1.67. The summed E-state index contributed by atoms with van der Waals surface area (Å²) in [5, 5.41) is 8.48. The summed E-state index contributed by atoms with van der Waals surface area (Å²) in [5.74, 6) is 1.96. The van der Waals surface area contributed by atoms with Crippen molar-refractivity contribution in [3.8, 4) is 11.5 Å². The van der Waals surface area contributed by atoms with Crippen LogP contribution in [0.2, 0.25) is 0 Å². The highest BCUT2D eigenvalue weighted by Gasteiger charge is 2.55. The predicted molar refractivity (Wildman–Crippen MR) is 101 cm³/mol. The molecule has 5 atom stereocenters. The van der Waals surface area contributed by atoms with Crippen molar-refractivity contribution in [3.05, 3.63) is 28.2 Å². The highest BCUT2D eigenvalue weighted by molar-refractivity contribution is 7.84. The fourth-order valence-electron chi connectivity index (χ4n) is 6.07. The van der Waals surface area contributed by atoms with Crippen molar-refractivity contribution < 1.29 is 17.3 Å². The number of rotatable bonds is 4. The van der Waals surface area contributed by atoms with Crippen molar-refractivity contribution in [2.45, 2.75) is 57.4 Å². The topological polar surface area (TPSA) is 108 Å². The van der Waals surface area contributed by atoms with Gasteiger partial charge in [0, 0.05) is 0 Å². The number of fused-ring (bicyclic) bond motifs is 5. The molecule has 148 valence electrons. The Morgan fingerprint density at radius 3 is 2.63 bits per heavy atom. The number of nitrogens with two attached hydrogens (primary N) is 1. The first-order chi connectivity index (χ1) is 12.8. The van der Waals surface area contributed by atoms with Crippen LogP contribution in [0.25, 0.3) is 0 Å². The standard InChI is InChI=1S/C19H26N2O5S/c1-19-8-7-12-13(15(19)5-6-18(19)21-22)4-3-11-9-17(26-27(20,23)24)16(25-2)10-14(11)12/h9-10,12-13,15,18H,3-8H2,1-2H3,(H2,20,23,24)/t12?,13?,15?,18?,19-/m0/s1. The SMILES string of the molecule is COc1cc2c(cc1OS(N)(=O)=O)CCC1C2CC[C@]2(C)C(N=O)CCC12. The molecule has 2 fully saturated rings. The van der Waals surface area contributed by atoms with E-state index < -0.39 is 10.3 Å². The van der Waals surface area contributed by atoms with Gasteiger partial charge in [0.15, 0.2) is 11.5 Å². The molecule has 3 aliphatic rings. The molecule has 0 aromatic heterocycles. The Balaban J connectivity index is 1.70. The van der Waals surface area contributed by atoms with E-state index in [9.17, 15) is 13.3 Å². The van der Waals surface area contributed by atoms with E-state index in [2.05, 4.69) is 12.1 Å². The Kier molecular flexibility index (Phi) is 4.46. The van der Waals surface area contributed by atoms with Crippen LogP contribution >= 0.6 is 0 Å². The first kappa shape index (κ1) is 18.7. The largest absolute Gasteiger partial charge is 0.493 e. The normalized spacial score (nSPS) is 34.9. The molecule has 27 heavy (non-hydrogen) atoms. The van der Waals surface area contributed by atoms with Gasteiger partial charge in [0.2, 0.25) is 0 Å². The van der Waals surface area contributed by atoms with Gasteiger partial charge >= 0.3 is 10.3 Å². The summed E-state index contributed by atoms with van der Waals surface area (Å²) >= 11 is 0. The van der Waals surface area contributed by atoms with Gasteiger partial charge in [0.05, 0.1) is 13.2 Å². The molecule has 0 heterocycles. The van der Waals surface area contributed by atoms with Crippen molar-refractivity contribution in [1.29, 1.82) is 0 Å². The van der Waals surface area contributed by atoms with Gasteiger partial charge in [-0.1, -0.05) is 12.1 Å². The Labute approximate surface area is 159 Å². The van der Waals surface area contributed by atoms with E-state index in [1.165, 1.54) is 12.7 Å². The molecule has 1 aromatic carbocycles. The average Bonchev–Trinajstić information content (AvgIpc) is 2.95. The molecule has 1 aromatic rings.